The van der Waals surface area contributed by atoms with E-state index in [9.17, 15) is 14.0 Å². The van der Waals surface area contributed by atoms with E-state index < -0.39 is 5.41 Å². The number of hydrogen-bond acceptors (Lipinski definition) is 6. The summed E-state index contributed by atoms with van der Waals surface area (Å²) in [7, 11) is 1.52. The average Bonchev–Trinajstić information content (AvgIpc) is 3.46. The van der Waals surface area contributed by atoms with Gasteiger partial charge in [0, 0.05) is 32.0 Å². The first-order chi connectivity index (χ1) is 15.3. The summed E-state index contributed by atoms with van der Waals surface area (Å²) in [4.78, 5) is 35.5. The van der Waals surface area contributed by atoms with Crippen LogP contribution in [0.4, 0.5) is 14.9 Å². The molecule has 0 radical (unpaired) electrons. The Morgan fingerprint density at radius 1 is 1.22 bits per heavy atom. The Labute approximate surface area is 189 Å². The van der Waals surface area contributed by atoms with Crippen LogP contribution in [-0.2, 0) is 5.41 Å². The lowest BCUT2D eigenvalue weighted by Crippen LogP contribution is -2.38. The SMILES string of the molecule is CNC(=O)c1cnc(C)cc1NC(=O)N1CCC(c2ccc(C)c(F)c2)(c2ncns2)C1. The Morgan fingerprint density at radius 2 is 2.03 bits per heavy atom. The van der Waals surface area contributed by atoms with Crippen molar-refractivity contribution in [1.29, 1.82) is 0 Å². The van der Waals surface area contributed by atoms with Crippen molar-refractivity contribution in [2.45, 2.75) is 25.7 Å². The molecular weight excluding hydrogens is 431 g/mol. The molecule has 32 heavy (non-hydrogen) atoms. The van der Waals surface area contributed by atoms with Crippen molar-refractivity contribution in [2.75, 3.05) is 25.5 Å². The van der Waals surface area contributed by atoms with E-state index in [2.05, 4.69) is 25.0 Å². The third kappa shape index (κ3) is 3.93. The number of amides is 3. The highest BCUT2D eigenvalue weighted by Crippen LogP contribution is 2.42. The van der Waals surface area contributed by atoms with Gasteiger partial charge in [0.2, 0.25) is 0 Å². The van der Waals surface area contributed by atoms with E-state index in [4.69, 9.17) is 0 Å². The summed E-state index contributed by atoms with van der Waals surface area (Å²) in [5.41, 5.74) is 2.01. The van der Waals surface area contributed by atoms with Crippen molar-refractivity contribution in [1.82, 2.24) is 24.6 Å². The fraction of sp³-hybridized carbons (Fsp3) is 0.318. The van der Waals surface area contributed by atoms with Crippen LogP contribution in [-0.4, -0.2) is 51.3 Å². The molecule has 166 valence electrons. The summed E-state index contributed by atoms with van der Waals surface area (Å²) in [6, 6.07) is 6.46. The van der Waals surface area contributed by atoms with Gasteiger partial charge in [-0.2, -0.15) is 4.37 Å². The number of nitrogens with zero attached hydrogens (tertiary/aromatic N) is 4. The Kier molecular flexibility index (Phi) is 5.88. The molecule has 1 fully saturated rings. The first kappa shape index (κ1) is 21.8. The Bertz CT molecular complexity index is 1170. The number of benzene rings is 1. The van der Waals surface area contributed by atoms with Crippen LogP contribution in [0.5, 0.6) is 0 Å². The van der Waals surface area contributed by atoms with Crippen molar-refractivity contribution < 1.29 is 14.0 Å². The second-order valence-corrected chi connectivity index (χ2v) is 8.62. The number of halogens is 1. The van der Waals surface area contributed by atoms with Crippen LogP contribution >= 0.6 is 11.5 Å². The van der Waals surface area contributed by atoms with Crippen LogP contribution in [0.25, 0.3) is 0 Å². The first-order valence-electron chi connectivity index (χ1n) is 10.1. The van der Waals surface area contributed by atoms with Gasteiger partial charge in [-0.05, 0) is 55.1 Å². The van der Waals surface area contributed by atoms with E-state index in [1.165, 1.54) is 37.2 Å². The normalized spacial score (nSPS) is 17.9. The second kappa shape index (κ2) is 8.62. The number of aryl methyl sites for hydroxylation is 2. The zero-order valence-corrected chi connectivity index (χ0v) is 18.8. The number of likely N-dealkylation sites (tertiary alicyclic amines) is 1. The zero-order valence-electron chi connectivity index (χ0n) is 18.0. The number of nitrogens with one attached hydrogen (secondary N) is 2. The predicted octanol–water partition coefficient (Wildman–Crippen LogP) is 3.27. The maximum absolute atomic E-state index is 14.4. The molecule has 1 unspecified atom stereocenters. The van der Waals surface area contributed by atoms with Crippen molar-refractivity contribution in [3.8, 4) is 0 Å². The number of aromatic nitrogens is 3. The molecule has 0 bridgehead atoms. The molecule has 2 aromatic heterocycles. The van der Waals surface area contributed by atoms with E-state index in [1.807, 2.05) is 6.07 Å². The Hall–Kier alpha value is -3.40. The van der Waals surface area contributed by atoms with Gasteiger partial charge in [0.25, 0.3) is 5.91 Å². The Morgan fingerprint density at radius 3 is 2.72 bits per heavy atom. The third-order valence-electron chi connectivity index (χ3n) is 5.81. The van der Waals surface area contributed by atoms with Crippen LogP contribution in [0.3, 0.4) is 0 Å². The minimum Gasteiger partial charge on any atom is -0.355 e. The quantitative estimate of drug-likeness (QED) is 0.630. The fourth-order valence-electron chi connectivity index (χ4n) is 3.96. The molecule has 3 amide bonds. The second-order valence-electron chi connectivity index (χ2n) is 7.84. The molecule has 1 aliphatic heterocycles. The van der Waals surface area contributed by atoms with E-state index in [1.54, 1.807) is 30.9 Å². The van der Waals surface area contributed by atoms with Crippen LogP contribution in [0.1, 0.15) is 38.6 Å². The van der Waals surface area contributed by atoms with Crippen molar-refractivity contribution in [3.05, 3.63) is 70.0 Å². The number of hydrogen-bond donors (Lipinski definition) is 2. The Balaban J connectivity index is 1.63. The molecule has 4 rings (SSSR count). The number of carbonyl (C=O) groups is 2. The van der Waals surface area contributed by atoms with E-state index in [0.29, 0.717) is 36.5 Å². The topological polar surface area (TPSA) is 100 Å². The molecule has 1 aliphatic rings. The smallest absolute Gasteiger partial charge is 0.321 e. The van der Waals surface area contributed by atoms with Gasteiger partial charge in [-0.3, -0.25) is 9.78 Å². The summed E-state index contributed by atoms with van der Waals surface area (Å²) >= 11 is 1.25. The molecule has 3 aromatic rings. The van der Waals surface area contributed by atoms with Gasteiger partial charge in [-0.1, -0.05) is 12.1 Å². The van der Waals surface area contributed by atoms with Crippen LogP contribution in [0.15, 0.2) is 36.8 Å². The van der Waals surface area contributed by atoms with Crippen molar-refractivity contribution in [3.63, 3.8) is 0 Å². The van der Waals surface area contributed by atoms with Crippen molar-refractivity contribution in [2.24, 2.45) is 0 Å². The number of rotatable bonds is 4. The summed E-state index contributed by atoms with van der Waals surface area (Å²) in [6.07, 6.45) is 3.49. The summed E-state index contributed by atoms with van der Waals surface area (Å²) in [5.74, 6) is -0.635. The van der Waals surface area contributed by atoms with E-state index >= 15 is 0 Å². The third-order valence-corrected chi connectivity index (χ3v) is 6.67. The molecule has 3 heterocycles. The lowest BCUT2D eigenvalue weighted by Gasteiger charge is -2.28. The standard InChI is InChI=1S/C22H23FN6O2S/c1-13-4-5-15(9-17(13)23)22(20-26-12-27-32-20)6-7-29(11-22)21(31)28-18-8-14(2)25-10-16(18)19(30)24-3/h4-5,8-10,12H,6-7,11H2,1-3H3,(H,24,30)(H,25,28,31). The van der Waals surface area contributed by atoms with Gasteiger partial charge in [0.1, 0.15) is 17.2 Å². The molecule has 1 aromatic carbocycles. The van der Waals surface area contributed by atoms with Crippen LogP contribution in [0, 0.1) is 19.7 Å². The summed E-state index contributed by atoms with van der Waals surface area (Å²) < 4.78 is 18.5. The lowest BCUT2D eigenvalue weighted by molar-refractivity contribution is 0.0963. The van der Waals surface area contributed by atoms with Gasteiger partial charge in [-0.25, -0.2) is 14.2 Å². The monoisotopic (exact) mass is 454 g/mol. The number of anilines is 1. The lowest BCUT2D eigenvalue weighted by atomic mass is 9.80. The first-order valence-corrected chi connectivity index (χ1v) is 10.9. The summed E-state index contributed by atoms with van der Waals surface area (Å²) in [5, 5.41) is 6.13. The minimum absolute atomic E-state index is 0.279. The maximum Gasteiger partial charge on any atom is 0.321 e. The zero-order chi connectivity index (χ0) is 22.9. The highest BCUT2D eigenvalue weighted by atomic mass is 32.1. The molecule has 8 nitrogen and oxygen atoms in total. The average molecular weight is 455 g/mol. The minimum atomic E-state index is -0.648. The predicted molar refractivity (Wildman–Crippen MR) is 119 cm³/mol. The molecule has 1 saturated heterocycles. The maximum atomic E-state index is 14.4. The number of urea groups is 1. The molecule has 1 atom stereocenters. The number of carbonyl (C=O) groups excluding carboxylic acids is 2. The van der Waals surface area contributed by atoms with Gasteiger partial charge < -0.3 is 15.5 Å². The highest BCUT2D eigenvalue weighted by Gasteiger charge is 2.45. The largest absolute Gasteiger partial charge is 0.355 e. The molecule has 0 spiro atoms. The van der Waals surface area contributed by atoms with Crippen LogP contribution < -0.4 is 10.6 Å². The fourth-order valence-corrected chi connectivity index (χ4v) is 4.71. The van der Waals surface area contributed by atoms with Crippen molar-refractivity contribution >= 4 is 29.2 Å². The molecule has 10 heteroatoms. The van der Waals surface area contributed by atoms with Gasteiger partial charge >= 0.3 is 6.03 Å². The van der Waals surface area contributed by atoms with Gasteiger partial charge in [0.15, 0.2) is 0 Å². The van der Waals surface area contributed by atoms with Gasteiger partial charge in [0.05, 0.1) is 16.7 Å². The summed E-state index contributed by atoms with van der Waals surface area (Å²) in [6.45, 7) is 4.26. The molecule has 0 aliphatic carbocycles. The van der Waals surface area contributed by atoms with Gasteiger partial charge in [-0.15, -0.1) is 0 Å². The highest BCUT2D eigenvalue weighted by molar-refractivity contribution is 7.05. The number of pyridine rings is 1. The molecule has 0 saturated carbocycles. The molecule has 2 N–H and O–H groups in total. The molecular formula is C22H23FN6O2S. The van der Waals surface area contributed by atoms with E-state index in [-0.39, 0.29) is 23.3 Å². The van der Waals surface area contributed by atoms with Crippen LogP contribution in [0.2, 0.25) is 0 Å². The van der Waals surface area contributed by atoms with E-state index in [0.717, 1.165) is 10.6 Å².